The van der Waals surface area contributed by atoms with Crippen LogP contribution in [0.3, 0.4) is 0 Å². The molecule has 0 aliphatic carbocycles. The molecule has 1 fully saturated rings. The number of likely N-dealkylation sites (tertiary alicyclic amines) is 1. The van der Waals surface area contributed by atoms with Gasteiger partial charge in [-0.05, 0) is 50.8 Å². The Balaban J connectivity index is 2.15. The van der Waals surface area contributed by atoms with Crippen molar-refractivity contribution in [1.82, 2.24) is 4.90 Å². The minimum Gasteiger partial charge on any atom is -0.337 e. The third-order valence-corrected chi connectivity index (χ3v) is 5.23. The summed E-state index contributed by atoms with van der Waals surface area (Å²) in [4.78, 5) is 14.0. The van der Waals surface area contributed by atoms with Crippen LogP contribution in [0.15, 0.2) is 13.6 Å². The first-order valence-corrected chi connectivity index (χ1v) is 7.80. The zero-order valence-electron chi connectivity index (χ0n) is 8.38. The van der Waals surface area contributed by atoms with Gasteiger partial charge in [-0.3, -0.25) is 4.79 Å². The number of hydrogen-bond acceptors (Lipinski definition) is 2. The summed E-state index contributed by atoms with van der Waals surface area (Å²) in [6.07, 6.45) is 1.99. The van der Waals surface area contributed by atoms with Crippen molar-refractivity contribution in [2.45, 2.75) is 18.2 Å². The van der Waals surface area contributed by atoms with Gasteiger partial charge in [-0.25, -0.2) is 0 Å². The molecule has 2 nitrogen and oxygen atoms in total. The highest BCUT2D eigenvalue weighted by Crippen LogP contribution is 2.33. The summed E-state index contributed by atoms with van der Waals surface area (Å²) in [5.74, 6) is 0.0687. The average molecular weight is 388 g/mol. The number of thiophene rings is 1. The number of alkyl halides is 1. The van der Waals surface area contributed by atoms with E-state index in [4.69, 9.17) is 11.6 Å². The molecular weight excluding hydrogens is 377 g/mol. The van der Waals surface area contributed by atoms with Crippen molar-refractivity contribution in [3.63, 3.8) is 0 Å². The molecule has 1 aromatic rings. The van der Waals surface area contributed by atoms with E-state index < -0.39 is 0 Å². The molecule has 88 valence electrons. The summed E-state index contributed by atoms with van der Waals surface area (Å²) in [7, 11) is 0. The smallest absolute Gasteiger partial charge is 0.255 e. The molecule has 6 heteroatoms. The Morgan fingerprint density at radius 3 is 2.88 bits per heavy atom. The second-order valence-electron chi connectivity index (χ2n) is 3.73. The minimum atomic E-state index is 0.0687. The van der Waals surface area contributed by atoms with Crippen molar-refractivity contribution in [1.29, 1.82) is 0 Å². The van der Waals surface area contributed by atoms with E-state index in [1.807, 2.05) is 11.0 Å². The number of piperidine rings is 1. The van der Waals surface area contributed by atoms with Gasteiger partial charge >= 0.3 is 0 Å². The van der Waals surface area contributed by atoms with E-state index in [2.05, 4.69) is 31.9 Å². The number of carbonyl (C=O) groups excluding carboxylic acids is 1. The molecule has 0 N–H and O–H groups in total. The maximum absolute atomic E-state index is 12.2. The van der Waals surface area contributed by atoms with Gasteiger partial charge in [0.05, 0.1) is 18.5 Å². The Labute approximate surface area is 120 Å². The normalized spacial score (nSPS) is 21.2. The second-order valence-corrected chi connectivity index (χ2v) is 8.10. The first-order chi connectivity index (χ1) is 7.58. The number of halogens is 3. The Kier molecular flexibility index (Phi) is 4.32. The Morgan fingerprint density at radius 1 is 1.56 bits per heavy atom. The van der Waals surface area contributed by atoms with Gasteiger partial charge in [-0.15, -0.1) is 22.9 Å². The lowest BCUT2D eigenvalue weighted by Crippen LogP contribution is -2.40. The van der Waals surface area contributed by atoms with Crippen molar-refractivity contribution >= 4 is 60.7 Å². The van der Waals surface area contributed by atoms with Crippen molar-refractivity contribution in [3.05, 3.63) is 19.2 Å². The van der Waals surface area contributed by atoms with E-state index >= 15 is 0 Å². The van der Waals surface area contributed by atoms with Crippen molar-refractivity contribution < 1.29 is 4.79 Å². The summed E-state index contributed by atoms with van der Waals surface area (Å²) >= 11 is 14.4. The zero-order chi connectivity index (χ0) is 11.7. The van der Waals surface area contributed by atoms with Crippen LogP contribution in [0.25, 0.3) is 0 Å². The second kappa shape index (κ2) is 5.38. The zero-order valence-corrected chi connectivity index (χ0v) is 13.1. The van der Waals surface area contributed by atoms with Crippen LogP contribution in [0.1, 0.15) is 23.2 Å². The number of carbonyl (C=O) groups is 1. The lowest BCUT2D eigenvalue weighted by Gasteiger charge is -2.29. The van der Waals surface area contributed by atoms with E-state index in [0.717, 1.165) is 32.5 Å². The maximum atomic E-state index is 12.2. The Bertz CT molecular complexity index is 410. The molecule has 0 spiro atoms. The molecule has 1 aliphatic rings. The summed E-state index contributed by atoms with van der Waals surface area (Å²) in [5.41, 5.74) is 0.725. The molecule has 2 heterocycles. The molecule has 1 amide bonds. The number of hydrogen-bond donors (Lipinski definition) is 0. The van der Waals surface area contributed by atoms with Gasteiger partial charge in [-0.1, -0.05) is 0 Å². The SMILES string of the molecule is O=C(c1cc(Br)sc1Br)N1CCCC(Cl)C1. The third kappa shape index (κ3) is 2.81. The summed E-state index contributed by atoms with van der Waals surface area (Å²) < 4.78 is 1.84. The van der Waals surface area contributed by atoms with Gasteiger partial charge < -0.3 is 4.90 Å². The van der Waals surface area contributed by atoms with Gasteiger partial charge in [-0.2, -0.15) is 0 Å². The Hall–Kier alpha value is 0.420. The molecule has 0 saturated carbocycles. The fraction of sp³-hybridized carbons (Fsp3) is 0.500. The highest BCUT2D eigenvalue weighted by atomic mass is 79.9. The monoisotopic (exact) mass is 385 g/mol. The quantitative estimate of drug-likeness (QED) is 0.664. The lowest BCUT2D eigenvalue weighted by molar-refractivity contribution is 0.0726. The topological polar surface area (TPSA) is 20.3 Å². The molecule has 1 aliphatic heterocycles. The number of amides is 1. The summed E-state index contributed by atoms with van der Waals surface area (Å²) in [5, 5.41) is 0.0959. The van der Waals surface area contributed by atoms with Crippen LogP contribution in [0.5, 0.6) is 0 Å². The van der Waals surface area contributed by atoms with Gasteiger partial charge in [0.2, 0.25) is 0 Å². The van der Waals surface area contributed by atoms with Gasteiger partial charge in [0, 0.05) is 13.1 Å². The molecule has 1 atom stereocenters. The first-order valence-electron chi connectivity index (χ1n) is 4.96. The fourth-order valence-electron chi connectivity index (χ4n) is 1.77. The van der Waals surface area contributed by atoms with Crippen LogP contribution in [0, 0.1) is 0 Å². The molecule has 1 saturated heterocycles. The average Bonchev–Trinajstić information content (AvgIpc) is 2.57. The predicted molar refractivity (Wildman–Crippen MR) is 74.5 cm³/mol. The van der Waals surface area contributed by atoms with E-state index in [1.165, 1.54) is 11.3 Å². The van der Waals surface area contributed by atoms with Crippen LogP contribution in [-0.2, 0) is 0 Å². The van der Waals surface area contributed by atoms with Crippen LogP contribution < -0.4 is 0 Å². The lowest BCUT2D eigenvalue weighted by atomic mass is 10.1. The number of rotatable bonds is 1. The maximum Gasteiger partial charge on any atom is 0.255 e. The van der Waals surface area contributed by atoms with E-state index in [0.29, 0.717) is 6.54 Å². The molecule has 0 radical (unpaired) electrons. The van der Waals surface area contributed by atoms with Gasteiger partial charge in [0.25, 0.3) is 5.91 Å². The molecule has 0 bridgehead atoms. The highest BCUT2D eigenvalue weighted by Gasteiger charge is 2.25. The summed E-state index contributed by atoms with van der Waals surface area (Å²) in [6.45, 7) is 1.46. The molecule has 1 aromatic heterocycles. The minimum absolute atomic E-state index is 0.0687. The first kappa shape index (κ1) is 12.9. The molecule has 0 aromatic carbocycles. The largest absolute Gasteiger partial charge is 0.337 e. The van der Waals surface area contributed by atoms with Gasteiger partial charge in [0.15, 0.2) is 0 Å². The third-order valence-electron chi connectivity index (χ3n) is 2.54. The van der Waals surface area contributed by atoms with E-state index in [1.54, 1.807) is 0 Å². The highest BCUT2D eigenvalue weighted by molar-refractivity contribution is 9.12. The molecule has 1 unspecified atom stereocenters. The predicted octanol–water partition coefficient (Wildman–Crippen LogP) is 4.12. The number of nitrogens with zero attached hydrogens (tertiary/aromatic N) is 1. The van der Waals surface area contributed by atoms with Crippen LogP contribution in [0.2, 0.25) is 0 Å². The summed E-state index contributed by atoms with van der Waals surface area (Å²) in [6, 6.07) is 1.86. The molecule has 2 rings (SSSR count). The van der Waals surface area contributed by atoms with Crippen LogP contribution in [0.4, 0.5) is 0 Å². The van der Waals surface area contributed by atoms with Crippen LogP contribution >= 0.6 is 54.8 Å². The van der Waals surface area contributed by atoms with E-state index in [-0.39, 0.29) is 11.3 Å². The van der Waals surface area contributed by atoms with Crippen molar-refractivity contribution in [2.75, 3.05) is 13.1 Å². The molecular formula is C10H10Br2ClNOS. The van der Waals surface area contributed by atoms with E-state index in [9.17, 15) is 4.79 Å². The van der Waals surface area contributed by atoms with Gasteiger partial charge in [0.1, 0.15) is 0 Å². The van der Waals surface area contributed by atoms with Crippen LogP contribution in [-0.4, -0.2) is 29.3 Å². The molecule has 16 heavy (non-hydrogen) atoms. The van der Waals surface area contributed by atoms with Crippen molar-refractivity contribution in [2.24, 2.45) is 0 Å². The standard InChI is InChI=1S/C10H10Br2ClNOS/c11-8-4-7(9(12)16-8)10(15)14-3-1-2-6(13)5-14/h4,6H,1-3,5H2. The fourth-order valence-corrected chi connectivity index (χ4v) is 4.86. The van der Waals surface area contributed by atoms with Crippen molar-refractivity contribution in [3.8, 4) is 0 Å². The Morgan fingerprint density at radius 2 is 2.31 bits per heavy atom.